The Balaban J connectivity index is 1.60. The lowest BCUT2D eigenvalue weighted by Gasteiger charge is -2.26. The molecular weight excluding hydrogens is 216 g/mol. The van der Waals surface area contributed by atoms with Crippen molar-refractivity contribution in [1.29, 1.82) is 0 Å². The second-order valence-electron chi connectivity index (χ2n) is 4.38. The number of para-hydroxylation sites is 1. The summed E-state index contributed by atoms with van der Waals surface area (Å²) in [4.78, 5) is 3.45. The molecule has 0 bridgehead atoms. The number of hydrogen-bond donors (Lipinski definition) is 2. The average molecular weight is 232 g/mol. The summed E-state index contributed by atoms with van der Waals surface area (Å²) in [5.74, 6) is 2.14. The maximum Gasteiger partial charge on any atom is 0.0732 e. The SMILES string of the molecule is c1ccc2[nH]c(SCCC3CNC3)cc2c1. The van der Waals surface area contributed by atoms with E-state index in [-0.39, 0.29) is 0 Å². The summed E-state index contributed by atoms with van der Waals surface area (Å²) in [5, 5.41) is 5.93. The van der Waals surface area contributed by atoms with Gasteiger partial charge >= 0.3 is 0 Å². The molecular formula is C13H16N2S. The van der Waals surface area contributed by atoms with Gasteiger partial charge in [-0.2, -0.15) is 0 Å². The predicted molar refractivity (Wildman–Crippen MR) is 70.0 cm³/mol. The summed E-state index contributed by atoms with van der Waals surface area (Å²) >= 11 is 1.94. The third-order valence-corrected chi connectivity index (χ3v) is 4.13. The van der Waals surface area contributed by atoms with Crippen molar-refractivity contribution in [1.82, 2.24) is 10.3 Å². The van der Waals surface area contributed by atoms with Crippen LogP contribution in [-0.4, -0.2) is 23.8 Å². The lowest BCUT2D eigenvalue weighted by atomic mass is 10.0. The van der Waals surface area contributed by atoms with Crippen molar-refractivity contribution in [3.05, 3.63) is 30.3 Å². The van der Waals surface area contributed by atoms with Crippen molar-refractivity contribution < 1.29 is 0 Å². The van der Waals surface area contributed by atoms with E-state index in [0.29, 0.717) is 0 Å². The molecule has 2 heterocycles. The first-order valence-corrected chi connectivity index (χ1v) is 6.81. The van der Waals surface area contributed by atoms with E-state index in [1.54, 1.807) is 0 Å². The minimum absolute atomic E-state index is 0.914. The minimum atomic E-state index is 0.914. The Bertz CT molecular complexity index is 440. The molecule has 1 fully saturated rings. The third kappa shape index (κ3) is 2.11. The highest BCUT2D eigenvalue weighted by molar-refractivity contribution is 7.99. The van der Waals surface area contributed by atoms with Gasteiger partial charge in [0.1, 0.15) is 0 Å². The molecule has 0 amide bonds. The van der Waals surface area contributed by atoms with Gasteiger partial charge in [-0.3, -0.25) is 0 Å². The first-order valence-electron chi connectivity index (χ1n) is 5.83. The first-order chi connectivity index (χ1) is 7.92. The lowest BCUT2D eigenvalue weighted by molar-refractivity contribution is 0.341. The van der Waals surface area contributed by atoms with E-state index in [1.807, 2.05) is 11.8 Å². The zero-order chi connectivity index (χ0) is 10.8. The second-order valence-corrected chi connectivity index (χ2v) is 5.52. The van der Waals surface area contributed by atoms with Crippen LogP contribution in [0.4, 0.5) is 0 Å². The quantitative estimate of drug-likeness (QED) is 0.793. The fraction of sp³-hybridized carbons (Fsp3) is 0.385. The number of H-pyrrole nitrogens is 1. The van der Waals surface area contributed by atoms with Crippen LogP contribution in [0.15, 0.2) is 35.4 Å². The molecule has 0 spiro atoms. The number of aromatic nitrogens is 1. The van der Waals surface area contributed by atoms with Crippen molar-refractivity contribution in [2.75, 3.05) is 18.8 Å². The van der Waals surface area contributed by atoms with Crippen LogP contribution in [0.25, 0.3) is 10.9 Å². The summed E-state index contributed by atoms with van der Waals surface area (Å²) in [6, 6.07) is 10.7. The van der Waals surface area contributed by atoms with E-state index in [2.05, 4.69) is 40.6 Å². The van der Waals surface area contributed by atoms with Crippen LogP contribution in [0.3, 0.4) is 0 Å². The zero-order valence-electron chi connectivity index (χ0n) is 9.20. The number of aromatic amines is 1. The highest BCUT2D eigenvalue weighted by atomic mass is 32.2. The van der Waals surface area contributed by atoms with Gasteiger partial charge in [0.2, 0.25) is 0 Å². The van der Waals surface area contributed by atoms with E-state index in [1.165, 1.54) is 41.2 Å². The number of rotatable bonds is 4. The molecule has 2 aromatic rings. The second kappa shape index (κ2) is 4.52. The molecule has 1 aromatic heterocycles. The van der Waals surface area contributed by atoms with E-state index < -0.39 is 0 Å². The number of nitrogens with one attached hydrogen (secondary N) is 2. The monoisotopic (exact) mass is 232 g/mol. The van der Waals surface area contributed by atoms with Crippen LogP contribution in [0.5, 0.6) is 0 Å². The van der Waals surface area contributed by atoms with Crippen molar-refractivity contribution in [2.24, 2.45) is 5.92 Å². The Kier molecular flexibility index (Phi) is 2.89. The summed E-state index contributed by atoms with van der Waals surface area (Å²) in [7, 11) is 0. The van der Waals surface area contributed by atoms with Gasteiger partial charge in [-0.25, -0.2) is 0 Å². The van der Waals surface area contributed by atoms with E-state index in [9.17, 15) is 0 Å². The molecule has 2 nitrogen and oxygen atoms in total. The number of hydrogen-bond acceptors (Lipinski definition) is 2. The normalized spacial score (nSPS) is 16.5. The highest BCUT2D eigenvalue weighted by Crippen LogP contribution is 2.25. The maximum absolute atomic E-state index is 3.45. The Morgan fingerprint density at radius 2 is 2.12 bits per heavy atom. The maximum atomic E-state index is 3.45. The van der Waals surface area contributed by atoms with Crippen LogP contribution < -0.4 is 5.32 Å². The molecule has 0 unspecified atom stereocenters. The third-order valence-electron chi connectivity index (χ3n) is 3.15. The van der Waals surface area contributed by atoms with Gasteiger partial charge in [0.15, 0.2) is 0 Å². The Morgan fingerprint density at radius 3 is 2.88 bits per heavy atom. The molecule has 2 N–H and O–H groups in total. The zero-order valence-corrected chi connectivity index (χ0v) is 10.0. The highest BCUT2D eigenvalue weighted by Gasteiger charge is 2.15. The largest absolute Gasteiger partial charge is 0.350 e. The van der Waals surface area contributed by atoms with Gasteiger partial charge in [0.05, 0.1) is 5.03 Å². The van der Waals surface area contributed by atoms with Gasteiger partial charge in [-0.05, 0) is 43.3 Å². The minimum Gasteiger partial charge on any atom is -0.350 e. The molecule has 0 radical (unpaired) electrons. The number of thioether (sulfide) groups is 1. The Labute approximate surface area is 99.8 Å². The van der Waals surface area contributed by atoms with Crippen LogP contribution in [0.1, 0.15) is 6.42 Å². The smallest absolute Gasteiger partial charge is 0.0732 e. The molecule has 84 valence electrons. The number of fused-ring (bicyclic) bond motifs is 1. The van der Waals surface area contributed by atoms with Gasteiger partial charge in [0, 0.05) is 10.9 Å². The van der Waals surface area contributed by atoms with Gasteiger partial charge in [-0.1, -0.05) is 18.2 Å². The van der Waals surface area contributed by atoms with Crippen molar-refractivity contribution in [2.45, 2.75) is 11.4 Å². The topological polar surface area (TPSA) is 27.8 Å². The fourth-order valence-electron chi connectivity index (χ4n) is 2.01. The van der Waals surface area contributed by atoms with E-state index >= 15 is 0 Å². The lowest BCUT2D eigenvalue weighted by Crippen LogP contribution is -2.42. The van der Waals surface area contributed by atoms with Gasteiger partial charge < -0.3 is 10.3 Å². The number of benzene rings is 1. The van der Waals surface area contributed by atoms with Gasteiger partial charge in [0.25, 0.3) is 0 Å². The van der Waals surface area contributed by atoms with E-state index in [0.717, 1.165) is 5.92 Å². The van der Waals surface area contributed by atoms with E-state index in [4.69, 9.17) is 0 Å². The van der Waals surface area contributed by atoms with Crippen LogP contribution in [0.2, 0.25) is 0 Å². The standard InChI is InChI=1S/C13H16N2S/c1-2-4-12-11(3-1)7-13(15-12)16-6-5-10-8-14-9-10/h1-4,7,10,14-15H,5-6,8-9H2. The molecule has 0 atom stereocenters. The molecule has 1 saturated heterocycles. The molecule has 3 heteroatoms. The molecule has 0 saturated carbocycles. The summed E-state index contributed by atoms with van der Waals surface area (Å²) in [6.45, 7) is 2.43. The molecule has 16 heavy (non-hydrogen) atoms. The first kappa shape index (κ1) is 10.2. The molecule has 0 aliphatic carbocycles. The van der Waals surface area contributed by atoms with Crippen LogP contribution >= 0.6 is 11.8 Å². The molecule has 1 aromatic carbocycles. The van der Waals surface area contributed by atoms with Gasteiger partial charge in [-0.15, -0.1) is 11.8 Å². The Hall–Kier alpha value is -0.930. The summed E-state index contributed by atoms with van der Waals surface area (Å²) in [6.07, 6.45) is 1.33. The molecule has 1 aliphatic rings. The predicted octanol–water partition coefficient (Wildman–Crippen LogP) is 2.87. The fourth-order valence-corrected chi connectivity index (χ4v) is 3.08. The molecule has 1 aliphatic heterocycles. The summed E-state index contributed by atoms with van der Waals surface area (Å²) in [5.41, 5.74) is 1.25. The van der Waals surface area contributed by atoms with Crippen LogP contribution in [0, 0.1) is 5.92 Å². The molecule has 3 rings (SSSR count). The summed E-state index contributed by atoms with van der Waals surface area (Å²) < 4.78 is 0. The van der Waals surface area contributed by atoms with Crippen molar-refractivity contribution in [3.8, 4) is 0 Å². The average Bonchev–Trinajstić information content (AvgIpc) is 2.64. The van der Waals surface area contributed by atoms with Crippen LogP contribution in [-0.2, 0) is 0 Å². The Morgan fingerprint density at radius 1 is 1.25 bits per heavy atom. The van der Waals surface area contributed by atoms with Crippen molar-refractivity contribution >= 4 is 22.7 Å². The van der Waals surface area contributed by atoms with Crippen molar-refractivity contribution in [3.63, 3.8) is 0 Å².